The molecule has 6 rings (SSSR count). The molecule has 0 spiro atoms. The Morgan fingerprint density at radius 2 is 1.70 bits per heavy atom. The predicted octanol–water partition coefficient (Wildman–Crippen LogP) is 5.51. The molecular formula is C26H23N5OS. The topological polar surface area (TPSA) is 75.6 Å². The van der Waals surface area contributed by atoms with Gasteiger partial charge in [0.1, 0.15) is 6.04 Å². The minimum atomic E-state index is -0.260. The van der Waals surface area contributed by atoms with Crippen molar-refractivity contribution in [1.82, 2.24) is 19.7 Å². The quantitative estimate of drug-likeness (QED) is 0.390. The molecule has 7 heteroatoms. The number of Topliss-reactive ketones (excluding diaryl/α,β-unsaturated/α-hetero) is 1. The van der Waals surface area contributed by atoms with E-state index in [0.717, 1.165) is 29.7 Å². The van der Waals surface area contributed by atoms with Gasteiger partial charge in [-0.15, -0.1) is 5.10 Å². The van der Waals surface area contributed by atoms with Crippen LogP contribution in [0.15, 0.2) is 95.6 Å². The van der Waals surface area contributed by atoms with E-state index in [1.54, 1.807) is 11.8 Å². The third-order valence-electron chi connectivity index (χ3n) is 6.21. The zero-order valence-electron chi connectivity index (χ0n) is 17.9. The number of rotatable bonds is 5. The molecule has 2 aliphatic rings. The highest BCUT2D eigenvalue weighted by molar-refractivity contribution is 7.99. The van der Waals surface area contributed by atoms with Gasteiger partial charge in [-0.3, -0.25) is 4.79 Å². The Morgan fingerprint density at radius 3 is 2.36 bits per heavy atom. The number of thioether (sulfide) groups is 1. The first-order chi connectivity index (χ1) is 16.3. The Hall–Kier alpha value is -3.58. The second kappa shape index (κ2) is 8.41. The minimum absolute atomic E-state index is 0.0618. The van der Waals surface area contributed by atoms with Crippen molar-refractivity contribution in [3.8, 4) is 0 Å². The molecule has 1 aliphatic carbocycles. The summed E-state index contributed by atoms with van der Waals surface area (Å²) in [6, 6.07) is 22.6. The van der Waals surface area contributed by atoms with Crippen molar-refractivity contribution >= 4 is 23.5 Å². The summed E-state index contributed by atoms with van der Waals surface area (Å²) in [6.07, 6.45) is 6.13. The molecule has 3 heterocycles. The SMILES string of the molecule is O=C1CCCC2=C1C(c1cc[nH]c1)n1nc(SC(c3ccccc3)c3ccccc3)nc1N2. The van der Waals surface area contributed by atoms with Gasteiger partial charge in [-0.2, -0.15) is 4.98 Å². The van der Waals surface area contributed by atoms with Crippen LogP contribution in [0.25, 0.3) is 0 Å². The van der Waals surface area contributed by atoms with Gasteiger partial charge < -0.3 is 10.3 Å². The molecule has 1 atom stereocenters. The Balaban J connectivity index is 1.41. The van der Waals surface area contributed by atoms with Gasteiger partial charge in [0.15, 0.2) is 5.78 Å². The number of aromatic amines is 1. The number of hydrogen-bond acceptors (Lipinski definition) is 5. The molecule has 0 bridgehead atoms. The molecule has 164 valence electrons. The number of hydrogen-bond donors (Lipinski definition) is 2. The average molecular weight is 454 g/mol. The maximum Gasteiger partial charge on any atom is 0.227 e. The van der Waals surface area contributed by atoms with Crippen LogP contribution in [0, 0.1) is 0 Å². The smallest absolute Gasteiger partial charge is 0.227 e. The zero-order chi connectivity index (χ0) is 22.2. The number of anilines is 1. The molecule has 6 nitrogen and oxygen atoms in total. The molecule has 2 aromatic heterocycles. The van der Waals surface area contributed by atoms with E-state index in [1.165, 1.54) is 11.1 Å². The number of H-pyrrole nitrogens is 1. The minimum Gasteiger partial charge on any atom is -0.367 e. The van der Waals surface area contributed by atoms with Gasteiger partial charge in [-0.1, -0.05) is 72.4 Å². The van der Waals surface area contributed by atoms with Crippen LogP contribution in [0.3, 0.4) is 0 Å². The molecule has 0 saturated heterocycles. The van der Waals surface area contributed by atoms with Crippen molar-refractivity contribution in [1.29, 1.82) is 0 Å². The number of fused-ring (bicyclic) bond motifs is 1. The Morgan fingerprint density at radius 1 is 0.970 bits per heavy atom. The van der Waals surface area contributed by atoms with Crippen molar-refractivity contribution in [2.45, 2.75) is 35.7 Å². The van der Waals surface area contributed by atoms with Gasteiger partial charge in [0, 0.05) is 30.1 Å². The van der Waals surface area contributed by atoms with Gasteiger partial charge in [0.25, 0.3) is 0 Å². The van der Waals surface area contributed by atoms with E-state index in [-0.39, 0.29) is 17.1 Å². The number of carbonyl (C=O) groups is 1. The maximum atomic E-state index is 12.9. The number of ketones is 1. The molecule has 0 radical (unpaired) electrons. The molecule has 0 amide bonds. The summed E-state index contributed by atoms with van der Waals surface area (Å²) in [4.78, 5) is 20.9. The van der Waals surface area contributed by atoms with Gasteiger partial charge >= 0.3 is 0 Å². The van der Waals surface area contributed by atoms with Crippen LogP contribution in [0.1, 0.15) is 47.2 Å². The number of nitrogens with zero attached hydrogens (tertiary/aromatic N) is 3. The summed E-state index contributed by atoms with van der Waals surface area (Å²) in [6.45, 7) is 0. The summed E-state index contributed by atoms with van der Waals surface area (Å²) in [5, 5.41) is 9.07. The fourth-order valence-corrected chi connectivity index (χ4v) is 5.76. The van der Waals surface area contributed by atoms with Gasteiger partial charge in [0.2, 0.25) is 11.1 Å². The van der Waals surface area contributed by atoms with Crippen molar-refractivity contribution < 1.29 is 4.79 Å². The van der Waals surface area contributed by atoms with Crippen LogP contribution >= 0.6 is 11.8 Å². The van der Waals surface area contributed by atoms with Crippen molar-refractivity contribution in [3.05, 3.63) is 107 Å². The van der Waals surface area contributed by atoms with E-state index in [4.69, 9.17) is 10.1 Å². The van der Waals surface area contributed by atoms with Crippen LogP contribution in [0.2, 0.25) is 0 Å². The fourth-order valence-electron chi connectivity index (χ4n) is 4.69. The lowest BCUT2D eigenvalue weighted by Gasteiger charge is -2.31. The molecule has 1 unspecified atom stereocenters. The fraction of sp³-hybridized carbons (Fsp3) is 0.192. The largest absolute Gasteiger partial charge is 0.367 e. The first-order valence-electron chi connectivity index (χ1n) is 11.2. The lowest BCUT2D eigenvalue weighted by molar-refractivity contribution is -0.116. The summed E-state index contributed by atoms with van der Waals surface area (Å²) in [5.74, 6) is 0.883. The summed E-state index contributed by atoms with van der Waals surface area (Å²) < 4.78 is 1.88. The number of benzene rings is 2. The lowest BCUT2D eigenvalue weighted by atomic mass is 9.86. The summed E-state index contributed by atoms with van der Waals surface area (Å²) in [5.41, 5.74) is 5.21. The third-order valence-corrected chi connectivity index (χ3v) is 7.38. The highest BCUT2D eigenvalue weighted by Gasteiger charge is 2.37. The summed E-state index contributed by atoms with van der Waals surface area (Å²) in [7, 11) is 0. The molecule has 0 saturated carbocycles. The van der Waals surface area contributed by atoms with Crippen LogP contribution in [-0.2, 0) is 4.79 Å². The van der Waals surface area contributed by atoms with E-state index in [0.29, 0.717) is 17.5 Å². The van der Waals surface area contributed by atoms with Crippen molar-refractivity contribution in [2.75, 3.05) is 5.32 Å². The zero-order valence-corrected chi connectivity index (χ0v) is 18.8. The number of allylic oxidation sites excluding steroid dienone is 2. The van der Waals surface area contributed by atoms with Crippen LogP contribution < -0.4 is 5.32 Å². The van der Waals surface area contributed by atoms with Crippen molar-refractivity contribution in [3.63, 3.8) is 0 Å². The van der Waals surface area contributed by atoms with Crippen molar-refractivity contribution in [2.24, 2.45) is 0 Å². The third kappa shape index (κ3) is 3.68. The predicted molar refractivity (Wildman–Crippen MR) is 129 cm³/mol. The second-order valence-corrected chi connectivity index (χ2v) is 9.39. The summed E-state index contributed by atoms with van der Waals surface area (Å²) >= 11 is 1.63. The molecule has 33 heavy (non-hydrogen) atoms. The second-order valence-electron chi connectivity index (χ2n) is 8.32. The Bertz CT molecular complexity index is 1270. The maximum absolute atomic E-state index is 12.9. The number of nitrogens with one attached hydrogen (secondary N) is 2. The van der Waals surface area contributed by atoms with Gasteiger partial charge in [-0.25, -0.2) is 4.68 Å². The Labute approximate surface area is 196 Å². The lowest BCUT2D eigenvalue weighted by Crippen LogP contribution is -2.31. The van der Waals surface area contributed by atoms with E-state index >= 15 is 0 Å². The Kier molecular flexibility index (Phi) is 5.11. The molecule has 4 aromatic rings. The monoisotopic (exact) mass is 453 g/mol. The van der Waals surface area contributed by atoms with E-state index in [2.05, 4.69) is 58.8 Å². The van der Waals surface area contributed by atoms with E-state index in [9.17, 15) is 4.79 Å². The van der Waals surface area contributed by atoms with Gasteiger partial charge in [-0.05, 0) is 35.6 Å². The molecular weight excluding hydrogens is 430 g/mol. The molecule has 2 N–H and O–H groups in total. The highest BCUT2D eigenvalue weighted by Crippen LogP contribution is 2.43. The van der Waals surface area contributed by atoms with E-state index in [1.807, 2.05) is 35.3 Å². The van der Waals surface area contributed by atoms with Crippen LogP contribution in [0.4, 0.5) is 5.95 Å². The molecule has 2 aromatic carbocycles. The van der Waals surface area contributed by atoms with Gasteiger partial charge in [0.05, 0.1) is 5.25 Å². The number of carbonyl (C=O) groups excluding carboxylic acids is 1. The number of aromatic nitrogens is 4. The standard InChI is InChI=1S/C26H23N5OS/c32-21-13-7-12-20-22(21)23(19-14-15-27-16-19)31-25(28-20)29-26(30-31)33-24(17-8-3-1-4-9-17)18-10-5-2-6-11-18/h1-6,8-11,14-16,23-24,27H,7,12-13H2,(H,28,29,30). The van der Waals surface area contributed by atoms with Crippen LogP contribution in [-0.4, -0.2) is 25.5 Å². The van der Waals surface area contributed by atoms with Crippen LogP contribution in [0.5, 0.6) is 0 Å². The van der Waals surface area contributed by atoms with E-state index < -0.39 is 0 Å². The normalized spacial score (nSPS) is 17.6. The average Bonchev–Trinajstić information content (AvgIpc) is 3.52. The molecule has 1 aliphatic heterocycles. The first kappa shape index (κ1) is 20.1. The first-order valence-corrected chi connectivity index (χ1v) is 12.0. The molecule has 0 fully saturated rings. The highest BCUT2D eigenvalue weighted by atomic mass is 32.2.